The summed E-state index contributed by atoms with van der Waals surface area (Å²) in [6.45, 7) is 7.30. The number of sulfonamides is 1. The van der Waals surface area contributed by atoms with Crippen LogP contribution in [0.2, 0.25) is 0 Å². The van der Waals surface area contributed by atoms with Gasteiger partial charge in [-0.3, -0.25) is 0 Å². The van der Waals surface area contributed by atoms with Crippen molar-refractivity contribution in [3.8, 4) is 5.69 Å². The average Bonchev–Trinajstić information content (AvgIpc) is 2.57. The van der Waals surface area contributed by atoms with Crippen LogP contribution < -0.4 is 5.14 Å². The van der Waals surface area contributed by atoms with Gasteiger partial charge in [-0.2, -0.15) is 5.10 Å². The maximum Gasteiger partial charge on any atom is 0.241 e. The molecule has 0 amide bonds. The number of rotatable bonds is 2. The van der Waals surface area contributed by atoms with Crippen LogP contribution in [0.1, 0.15) is 22.5 Å². The third-order valence-corrected chi connectivity index (χ3v) is 4.26. The Balaban J connectivity index is 2.75. The van der Waals surface area contributed by atoms with Crippen LogP contribution in [0, 0.1) is 27.7 Å². The minimum absolute atomic E-state index is 0.105. The highest BCUT2D eigenvalue weighted by molar-refractivity contribution is 7.89. The van der Waals surface area contributed by atoms with Crippen LogP contribution in [-0.4, -0.2) is 18.2 Å². The molecule has 102 valence electrons. The number of hydrogen-bond donors (Lipinski definition) is 1. The van der Waals surface area contributed by atoms with Crippen molar-refractivity contribution in [1.29, 1.82) is 0 Å². The molecule has 2 aromatic rings. The van der Waals surface area contributed by atoms with Gasteiger partial charge in [-0.25, -0.2) is 18.2 Å². The molecule has 0 aliphatic carbocycles. The standard InChI is InChI=1S/C13H17N3O2S/c1-8-5-6-9(2)12(7-8)16-11(4)13(10(3)15-16)19(14,17)18/h5-7H,1-4H3,(H2,14,17,18). The highest BCUT2D eigenvalue weighted by Crippen LogP contribution is 2.23. The summed E-state index contributed by atoms with van der Waals surface area (Å²) in [5.41, 5.74) is 3.94. The van der Waals surface area contributed by atoms with Crippen LogP contribution in [0.4, 0.5) is 0 Å². The van der Waals surface area contributed by atoms with Crippen LogP contribution in [0.25, 0.3) is 5.69 Å². The Morgan fingerprint density at radius 2 is 1.79 bits per heavy atom. The Labute approximate surface area is 113 Å². The summed E-state index contributed by atoms with van der Waals surface area (Å²) in [6.07, 6.45) is 0. The van der Waals surface area contributed by atoms with Crippen LogP contribution in [0.15, 0.2) is 23.1 Å². The molecule has 6 heteroatoms. The molecule has 0 aliphatic heterocycles. The van der Waals surface area contributed by atoms with Gasteiger partial charge in [0.1, 0.15) is 4.90 Å². The van der Waals surface area contributed by atoms with Crippen LogP contribution >= 0.6 is 0 Å². The normalized spacial score (nSPS) is 11.8. The monoisotopic (exact) mass is 279 g/mol. The number of nitrogens with zero attached hydrogens (tertiary/aromatic N) is 2. The lowest BCUT2D eigenvalue weighted by Gasteiger charge is -2.09. The van der Waals surface area contributed by atoms with E-state index in [1.54, 1.807) is 18.5 Å². The van der Waals surface area contributed by atoms with E-state index in [1.165, 1.54) is 0 Å². The highest BCUT2D eigenvalue weighted by Gasteiger charge is 2.22. The molecule has 0 radical (unpaired) electrons. The van der Waals surface area contributed by atoms with E-state index >= 15 is 0 Å². The SMILES string of the molecule is Cc1ccc(C)c(-n2nc(C)c(S(N)(=O)=O)c2C)c1. The van der Waals surface area contributed by atoms with Crippen molar-refractivity contribution in [1.82, 2.24) is 9.78 Å². The quantitative estimate of drug-likeness (QED) is 0.909. The Kier molecular flexibility index (Phi) is 3.24. The van der Waals surface area contributed by atoms with Gasteiger partial charge in [0.25, 0.3) is 0 Å². The number of benzene rings is 1. The van der Waals surface area contributed by atoms with E-state index in [0.717, 1.165) is 16.8 Å². The second-order valence-corrected chi connectivity index (χ2v) is 6.24. The summed E-state index contributed by atoms with van der Waals surface area (Å²) in [6, 6.07) is 5.96. The summed E-state index contributed by atoms with van der Waals surface area (Å²) in [5.74, 6) is 0. The van der Waals surface area contributed by atoms with Gasteiger partial charge in [-0.15, -0.1) is 0 Å². The highest BCUT2D eigenvalue weighted by atomic mass is 32.2. The predicted molar refractivity (Wildman–Crippen MR) is 73.9 cm³/mol. The van der Waals surface area contributed by atoms with Gasteiger partial charge in [-0.1, -0.05) is 12.1 Å². The van der Waals surface area contributed by atoms with E-state index in [-0.39, 0.29) is 4.90 Å². The molecule has 0 atom stereocenters. The Bertz CT molecular complexity index is 745. The van der Waals surface area contributed by atoms with Crippen LogP contribution in [0.3, 0.4) is 0 Å². The molecule has 0 unspecified atom stereocenters. The first kappa shape index (κ1) is 13.8. The average molecular weight is 279 g/mol. The van der Waals surface area contributed by atoms with Gasteiger partial charge in [-0.05, 0) is 44.9 Å². The lowest BCUT2D eigenvalue weighted by Crippen LogP contribution is -2.14. The number of nitrogens with two attached hydrogens (primary N) is 1. The summed E-state index contributed by atoms with van der Waals surface area (Å²) in [7, 11) is -3.76. The summed E-state index contributed by atoms with van der Waals surface area (Å²) in [4.78, 5) is 0.105. The minimum atomic E-state index is -3.76. The van der Waals surface area contributed by atoms with Gasteiger partial charge < -0.3 is 0 Å². The molecule has 2 rings (SSSR count). The summed E-state index contributed by atoms with van der Waals surface area (Å²) >= 11 is 0. The molecular formula is C13H17N3O2S. The van der Waals surface area contributed by atoms with E-state index in [1.807, 2.05) is 32.0 Å². The fourth-order valence-corrected chi connectivity index (χ4v) is 3.17. The van der Waals surface area contributed by atoms with Crippen LogP contribution in [0.5, 0.6) is 0 Å². The van der Waals surface area contributed by atoms with Gasteiger partial charge in [0.05, 0.1) is 17.1 Å². The molecule has 1 aromatic carbocycles. The van der Waals surface area contributed by atoms with Crippen molar-refractivity contribution in [2.45, 2.75) is 32.6 Å². The third kappa shape index (κ3) is 2.41. The van der Waals surface area contributed by atoms with E-state index in [2.05, 4.69) is 5.10 Å². The first-order chi connectivity index (χ1) is 8.71. The second-order valence-electron chi connectivity index (χ2n) is 4.75. The lowest BCUT2D eigenvalue weighted by atomic mass is 10.1. The van der Waals surface area contributed by atoms with E-state index in [0.29, 0.717) is 11.4 Å². The fourth-order valence-electron chi connectivity index (χ4n) is 2.22. The number of aryl methyl sites for hydroxylation is 3. The molecule has 1 aromatic heterocycles. The minimum Gasteiger partial charge on any atom is -0.236 e. The fraction of sp³-hybridized carbons (Fsp3) is 0.308. The first-order valence-corrected chi connectivity index (χ1v) is 7.43. The van der Waals surface area contributed by atoms with Crippen molar-refractivity contribution in [2.75, 3.05) is 0 Å². The molecule has 19 heavy (non-hydrogen) atoms. The topological polar surface area (TPSA) is 78.0 Å². The predicted octanol–water partition coefficient (Wildman–Crippen LogP) is 1.75. The number of aromatic nitrogens is 2. The lowest BCUT2D eigenvalue weighted by molar-refractivity contribution is 0.596. The molecule has 1 heterocycles. The molecule has 0 saturated carbocycles. The van der Waals surface area contributed by atoms with Gasteiger partial charge in [0, 0.05) is 0 Å². The zero-order chi connectivity index (χ0) is 14.4. The summed E-state index contributed by atoms with van der Waals surface area (Å²) in [5, 5.41) is 9.54. The Morgan fingerprint density at radius 3 is 2.32 bits per heavy atom. The van der Waals surface area contributed by atoms with Crippen molar-refractivity contribution < 1.29 is 8.42 Å². The first-order valence-electron chi connectivity index (χ1n) is 5.88. The maximum absolute atomic E-state index is 11.6. The number of primary sulfonamides is 1. The zero-order valence-electron chi connectivity index (χ0n) is 11.4. The molecule has 0 saturated heterocycles. The third-order valence-electron chi connectivity index (χ3n) is 3.10. The van der Waals surface area contributed by atoms with Crippen molar-refractivity contribution in [3.63, 3.8) is 0 Å². The Morgan fingerprint density at radius 1 is 1.16 bits per heavy atom. The van der Waals surface area contributed by atoms with Gasteiger partial charge in [0.2, 0.25) is 10.0 Å². The Hall–Kier alpha value is -1.66. The maximum atomic E-state index is 11.6. The largest absolute Gasteiger partial charge is 0.241 e. The van der Waals surface area contributed by atoms with E-state index in [4.69, 9.17) is 5.14 Å². The van der Waals surface area contributed by atoms with E-state index < -0.39 is 10.0 Å². The summed E-state index contributed by atoms with van der Waals surface area (Å²) < 4.78 is 24.8. The number of hydrogen-bond acceptors (Lipinski definition) is 3. The molecule has 0 spiro atoms. The molecule has 0 bridgehead atoms. The smallest absolute Gasteiger partial charge is 0.236 e. The molecule has 0 fully saturated rings. The van der Waals surface area contributed by atoms with Gasteiger partial charge in [0.15, 0.2) is 0 Å². The molecule has 0 aliphatic rings. The second kappa shape index (κ2) is 4.47. The zero-order valence-corrected chi connectivity index (χ0v) is 12.2. The van der Waals surface area contributed by atoms with E-state index in [9.17, 15) is 8.42 Å². The molecule has 5 nitrogen and oxygen atoms in total. The van der Waals surface area contributed by atoms with Crippen molar-refractivity contribution in [2.24, 2.45) is 5.14 Å². The molecular weight excluding hydrogens is 262 g/mol. The molecule has 2 N–H and O–H groups in total. The van der Waals surface area contributed by atoms with Crippen LogP contribution in [-0.2, 0) is 10.0 Å². The van der Waals surface area contributed by atoms with Crippen molar-refractivity contribution >= 4 is 10.0 Å². The van der Waals surface area contributed by atoms with Crippen molar-refractivity contribution in [3.05, 3.63) is 40.7 Å². The van der Waals surface area contributed by atoms with Gasteiger partial charge >= 0.3 is 0 Å².